The number of carbonyl (C=O) groups excluding carboxylic acids is 1. The monoisotopic (exact) mass is 1040 g/mol. The molecule has 0 radical (unpaired) electrons. The number of aryl methyl sites for hydroxylation is 4. The normalized spacial score (nSPS) is 18.8. The first kappa shape index (κ1) is 58.7. The number of fused-ring (bicyclic) bond motifs is 6. The molecule has 2 N–H and O–H groups in total. The van der Waals surface area contributed by atoms with Gasteiger partial charge in [-0.2, -0.15) is 0 Å². The van der Waals surface area contributed by atoms with Gasteiger partial charge in [0.2, 0.25) is 22.8 Å². The Kier molecular flexibility index (Phi) is 18.4. The molecule has 4 aliphatic carbocycles. The Hall–Kier alpha value is -6.94. The van der Waals surface area contributed by atoms with Crippen molar-refractivity contribution in [2.75, 3.05) is 13.2 Å². The third-order valence-electron chi connectivity index (χ3n) is 15.9. The average Bonchev–Trinajstić information content (AvgIpc) is 4.21. The third kappa shape index (κ3) is 13.3. The summed E-state index contributed by atoms with van der Waals surface area (Å²) in [5, 5.41) is 9.32. The summed E-state index contributed by atoms with van der Waals surface area (Å²) >= 11 is 0. The summed E-state index contributed by atoms with van der Waals surface area (Å²) in [5.74, 6) is 3.71. The number of benzene rings is 4. The van der Waals surface area contributed by atoms with Crippen LogP contribution >= 0.6 is 0 Å². The van der Waals surface area contributed by atoms with Crippen LogP contribution in [0.1, 0.15) is 128 Å². The van der Waals surface area contributed by atoms with E-state index in [2.05, 4.69) is 120 Å². The molecular formula is C65H71LiN4O8. The Bertz CT molecular complexity index is 3020. The van der Waals surface area contributed by atoms with Crippen molar-refractivity contribution in [1.82, 2.24) is 9.97 Å². The zero-order valence-electron chi connectivity index (χ0n) is 46.9. The van der Waals surface area contributed by atoms with Crippen LogP contribution in [0.2, 0.25) is 0 Å². The molecule has 6 atom stereocenters. The summed E-state index contributed by atoms with van der Waals surface area (Å²) in [7, 11) is 0. The Morgan fingerprint density at radius 2 is 1.01 bits per heavy atom. The van der Waals surface area contributed by atoms with Gasteiger partial charge in [-0.1, -0.05) is 36.4 Å². The first-order valence-corrected chi connectivity index (χ1v) is 26.7. The van der Waals surface area contributed by atoms with E-state index in [1.165, 1.54) is 38.9 Å². The number of pyridine rings is 2. The number of aliphatic carboxylic acids is 1. The zero-order valence-corrected chi connectivity index (χ0v) is 46.9. The maximum absolute atomic E-state index is 11.8. The molecular weight excluding hydrogens is 972 g/mol. The van der Waals surface area contributed by atoms with Gasteiger partial charge in [0.15, 0.2) is 0 Å². The number of carboxylic acid groups (broad SMARTS) is 1. The summed E-state index contributed by atoms with van der Waals surface area (Å²) in [5.41, 5.74) is 15.6. The molecule has 78 heavy (non-hydrogen) atoms. The predicted octanol–water partition coefficient (Wildman–Crippen LogP) is 10.9. The number of nitrogens with zero attached hydrogens (tertiary/aromatic N) is 4. The fourth-order valence-corrected chi connectivity index (χ4v) is 12.0. The molecule has 4 aliphatic rings. The standard InChI is InChI=1S/C33H36N2O3.C32H34N2O4.Li.H2O/c1-20-13-26(37-12-8-11-33(4,5)34-6)14-21(2)30(20)24-10-7-9-23(15-24)19-38-29-17-25-16-27-31(22(3)36)32(27)28(25)18-35-29;1-19-12-24(37-11-7-10-32(3,4)33-5)13-20(2)28(19)22-9-6-8-21(14-22)18-38-27-16-23-15-25-29(26(23)17-34-27)30(25)31(35)36;;/h7,9-10,13-15,17-18,27,31-32H,8,11-12,16,19H2,1-5H3;6,8-9,12-14,16-17,25,29-30H,7,10-11,15,18H2,1-4H3,(H,35,36);;1H2/q;;+1;/p-1/t27-,31-,32+;25-,29-,30+;;/m01../s1. The molecule has 12 nitrogen and oxygen atoms in total. The van der Waals surface area contributed by atoms with E-state index in [0.717, 1.165) is 89.0 Å². The number of hydrogen-bond acceptors (Lipinski definition) is 9. The zero-order chi connectivity index (χ0) is 54.1. The van der Waals surface area contributed by atoms with Gasteiger partial charge >= 0.3 is 24.8 Å². The molecule has 2 heterocycles. The molecule has 0 aliphatic heterocycles. The molecule has 6 aromatic rings. The molecule has 2 fully saturated rings. The maximum atomic E-state index is 11.8. The van der Waals surface area contributed by atoms with Gasteiger partial charge in [-0.15, -0.1) is 0 Å². The molecule has 4 aromatic carbocycles. The number of carbonyl (C=O) groups is 2. The minimum absolute atomic E-state index is 0. The summed E-state index contributed by atoms with van der Waals surface area (Å²) in [6.45, 7) is 34.6. The van der Waals surface area contributed by atoms with E-state index in [1.807, 2.05) is 46.0 Å². The number of ether oxygens (including phenoxy) is 4. The number of ketones is 1. The fourth-order valence-electron chi connectivity index (χ4n) is 12.0. The molecule has 400 valence electrons. The first-order chi connectivity index (χ1) is 36.3. The predicted molar refractivity (Wildman–Crippen MR) is 298 cm³/mol. The Balaban J connectivity index is 0.000000220. The quantitative estimate of drug-likeness (QED) is 0.0444. The summed E-state index contributed by atoms with van der Waals surface area (Å²) < 4.78 is 24.1. The van der Waals surface area contributed by atoms with Crippen LogP contribution in [0.15, 0.2) is 97.3 Å². The van der Waals surface area contributed by atoms with Crippen LogP contribution < -0.4 is 37.8 Å². The second-order valence-corrected chi connectivity index (χ2v) is 22.8. The van der Waals surface area contributed by atoms with Crippen LogP contribution in [0.5, 0.6) is 23.3 Å². The number of aromatic nitrogens is 2. The second-order valence-electron chi connectivity index (χ2n) is 22.8. The van der Waals surface area contributed by atoms with E-state index in [9.17, 15) is 14.7 Å². The van der Waals surface area contributed by atoms with Crippen LogP contribution in [0, 0.1) is 64.5 Å². The van der Waals surface area contributed by atoms with Crippen LogP contribution in [-0.4, -0.2) is 56.6 Å². The van der Waals surface area contributed by atoms with Gasteiger partial charge in [0, 0.05) is 76.9 Å². The molecule has 0 bridgehead atoms. The molecule has 0 amide bonds. The first-order valence-electron chi connectivity index (χ1n) is 26.7. The smallest absolute Gasteiger partial charge is 0.870 e. The Labute approximate surface area is 472 Å². The minimum Gasteiger partial charge on any atom is -0.870 e. The number of Topliss-reactive ketones (excluding diaryl/α,β-unsaturated/α-hetero) is 1. The minimum atomic E-state index is -0.699. The molecule has 0 saturated heterocycles. The SMILES string of the molecule is [C-]#[N+]C(C)(C)CCCOc1cc(C)c(-c2cccc(COc3cc4c(cn3)[C@H]3[C@@H](C4)[C@@H]3C(=O)O)c2)c(C)c1.[C-]#[N+]C(C)(C)CCCOc1cc(C)c(-c2cccc(COc3cc4c(cn3)[C@H]3[C@@H](C4)[C@@H]3C(C)=O)c2)c(C)c1.[Li+].[OH-]. The van der Waals surface area contributed by atoms with E-state index in [-0.39, 0.29) is 59.1 Å². The molecule has 0 unspecified atom stereocenters. The number of hydrogen-bond donors (Lipinski definition) is 1. The van der Waals surface area contributed by atoms with Gasteiger partial charge < -0.3 is 39.2 Å². The largest absolute Gasteiger partial charge is 1.00 e. The fraction of sp³-hybridized carbons (Fsp3) is 0.415. The van der Waals surface area contributed by atoms with Crippen LogP contribution in [-0.2, 0) is 35.6 Å². The van der Waals surface area contributed by atoms with Gasteiger partial charge in [0.1, 0.15) is 30.5 Å². The summed E-state index contributed by atoms with van der Waals surface area (Å²) in [6.07, 6.45) is 8.81. The molecule has 13 heteroatoms. The van der Waals surface area contributed by atoms with E-state index in [0.29, 0.717) is 55.8 Å². The summed E-state index contributed by atoms with van der Waals surface area (Å²) in [6, 6.07) is 29.2. The molecule has 10 rings (SSSR count). The van der Waals surface area contributed by atoms with E-state index < -0.39 is 5.97 Å². The van der Waals surface area contributed by atoms with Gasteiger partial charge in [0.25, 0.3) is 0 Å². The van der Waals surface area contributed by atoms with Crippen molar-refractivity contribution in [3.8, 4) is 45.5 Å². The van der Waals surface area contributed by atoms with Crippen molar-refractivity contribution >= 4 is 11.8 Å². The molecule has 2 saturated carbocycles. The van der Waals surface area contributed by atoms with Crippen LogP contribution in [0.25, 0.3) is 31.9 Å². The topological polar surface area (TPSA) is 156 Å². The van der Waals surface area contributed by atoms with E-state index in [1.54, 1.807) is 13.1 Å². The van der Waals surface area contributed by atoms with Crippen LogP contribution in [0.4, 0.5) is 0 Å². The van der Waals surface area contributed by atoms with Crippen molar-refractivity contribution in [3.63, 3.8) is 0 Å². The van der Waals surface area contributed by atoms with Crippen molar-refractivity contribution in [2.45, 2.75) is 137 Å². The van der Waals surface area contributed by atoms with Crippen LogP contribution in [0.3, 0.4) is 0 Å². The van der Waals surface area contributed by atoms with Crippen molar-refractivity contribution in [1.29, 1.82) is 0 Å². The van der Waals surface area contributed by atoms with Crippen molar-refractivity contribution in [3.05, 3.63) is 176 Å². The number of rotatable bonds is 20. The third-order valence-corrected chi connectivity index (χ3v) is 15.9. The Morgan fingerprint density at radius 3 is 1.40 bits per heavy atom. The second kappa shape index (κ2) is 24.4. The Morgan fingerprint density at radius 1 is 0.615 bits per heavy atom. The maximum Gasteiger partial charge on any atom is 1.00 e. The molecule has 0 spiro atoms. The average molecular weight is 1040 g/mol. The summed E-state index contributed by atoms with van der Waals surface area (Å²) in [4.78, 5) is 39.5. The molecule has 2 aromatic heterocycles. The van der Waals surface area contributed by atoms with Gasteiger partial charge in [-0.25, -0.2) is 23.1 Å². The van der Waals surface area contributed by atoms with Gasteiger partial charge in [-0.3, -0.25) is 9.59 Å². The van der Waals surface area contributed by atoms with Crippen molar-refractivity contribution in [2.24, 2.45) is 23.7 Å². The van der Waals surface area contributed by atoms with Gasteiger partial charge in [-0.05, 0) is 192 Å². The van der Waals surface area contributed by atoms with E-state index in [4.69, 9.17) is 32.1 Å². The van der Waals surface area contributed by atoms with Gasteiger partial charge in [0.05, 0.1) is 19.1 Å². The van der Waals surface area contributed by atoms with E-state index >= 15 is 0 Å². The van der Waals surface area contributed by atoms with Crippen molar-refractivity contribution < 1.29 is 58.0 Å². The number of carboxylic acids is 1.